The van der Waals surface area contributed by atoms with Crippen molar-refractivity contribution in [1.29, 1.82) is 0 Å². The zero-order valence-electron chi connectivity index (χ0n) is 14.8. The van der Waals surface area contributed by atoms with E-state index in [4.69, 9.17) is 4.42 Å². The first-order valence-electron chi connectivity index (χ1n) is 8.63. The van der Waals surface area contributed by atoms with Gasteiger partial charge in [0.25, 0.3) is 0 Å². The Morgan fingerprint density at radius 1 is 1.15 bits per heavy atom. The summed E-state index contributed by atoms with van der Waals surface area (Å²) in [6, 6.07) is 19.2. The third kappa shape index (κ3) is 3.99. The predicted molar refractivity (Wildman–Crippen MR) is 109 cm³/mol. The number of thiazole rings is 1. The summed E-state index contributed by atoms with van der Waals surface area (Å²) in [5, 5.41) is 6.95. The van der Waals surface area contributed by atoms with E-state index in [0.29, 0.717) is 5.76 Å². The number of aromatic nitrogens is 1. The van der Waals surface area contributed by atoms with E-state index in [1.54, 1.807) is 17.4 Å². The summed E-state index contributed by atoms with van der Waals surface area (Å²) < 4.78 is 6.00. The first-order valence-corrected chi connectivity index (χ1v) is 9.51. The zero-order chi connectivity index (χ0) is 18.6. The van der Waals surface area contributed by atoms with E-state index in [1.165, 1.54) is 6.08 Å². The van der Waals surface area contributed by atoms with Crippen LogP contribution in [0.3, 0.4) is 0 Å². The maximum Gasteiger partial charge on any atom is 0.244 e. The molecule has 0 spiro atoms. The minimum atomic E-state index is -0.368. The quantitative estimate of drug-likeness (QED) is 0.494. The highest BCUT2D eigenvalue weighted by atomic mass is 32.1. The molecule has 1 unspecified atom stereocenters. The molecule has 1 amide bonds. The van der Waals surface area contributed by atoms with E-state index in [9.17, 15) is 4.79 Å². The number of carbonyl (C=O) groups excluding carboxylic acids is 1. The zero-order valence-corrected chi connectivity index (χ0v) is 15.6. The summed E-state index contributed by atoms with van der Waals surface area (Å²) >= 11 is 1.56. The smallest absolute Gasteiger partial charge is 0.244 e. The summed E-state index contributed by atoms with van der Waals surface area (Å²) in [7, 11) is 0. The molecule has 1 N–H and O–H groups in total. The maximum absolute atomic E-state index is 12.5. The molecule has 0 aliphatic carbocycles. The minimum absolute atomic E-state index is 0.199. The summed E-state index contributed by atoms with van der Waals surface area (Å²) in [5.74, 6) is 0.503. The summed E-state index contributed by atoms with van der Waals surface area (Å²) in [6.45, 7) is 1.94. The molecule has 2 aromatic heterocycles. The highest BCUT2D eigenvalue weighted by Crippen LogP contribution is 2.28. The lowest BCUT2D eigenvalue weighted by Crippen LogP contribution is -2.27. The Morgan fingerprint density at radius 2 is 1.93 bits per heavy atom. The SMILES string of the molecule is Cc1nc(/C=C/C(=O)NC(c2ccccc2)c2cc3ccccc3o2)cs1. The van der Waals surface area contributed by atoms with Crippen LogP contribution in [0.1, 0.15) is 28.1 Å². The summed E-state index contributed by atoms with van der Waals surface area (Å²) in [5.41, 5.74) is 2.55. The van der Waals surface area contributed by atoms with E-state index in [-0.39, 0.29) is 11.9 Å². The van der Waals surface area contributed by atoms with Crippen molar-refractivity contribution in [3.8, 4) is 0 Å². The van der Waals surface area contributed by atoms with E-state index in [0.717, 1.165) is 27.2 Å². The number of furan rings is 1. The number of benzene rings is 2. The normalized spacial score (nSPS) is 12.5. The Bertz CT molecular complexity index is 1060. The molecule has 0 saturated carbocycles. The molecule has 0 bridgehead atoms. The summed E-state index contributed by atoms with van der Waals surface area (Å²) in [4.78, 5) is 16.9. The molecule has 1 atom stereocenters. The van der Waals surface area contributed by atoms with E-state index in [2.05, 4.69) is 10.3 Å². The van der Waals surface area contributed by atoms with Gasteiger partial charge >= 0.3 is 0 Å². The summed E-state index contributed by atoms with van der Waals surface area (Å²) in [6.07, 6.45) is 3.23. The van der Waals surface area contributed by atoms with Crippen molar-refractivity contribution >= 4 is 34.3 Å². The van der Waals surface area contributed by atoms with Gasteiger partial charge in [0.15, 0.2) is 0 Å². The van der Waals surface area contributed by atoms with Crippen LogP contribution in [0.15, 0.2) is 76.5 Å². The molecule has 134 valence electrons. The Balaban J connectivity index is 1.62. The largest absolute Gasteiger partial charge is 0.459 e. The van der Waals surface area contributed by atoms with E-state index >= 15 is 0 Å². The van der Waals surface area contributed by atoms with Crippen LogP contribution < -0.4 is 5.32 Å². The second-order valence-electron chi connectivity index (χ2n) is 6.16. The van der Waals surface area contributed by atoms with Crippen LogP contribution in [0, 0.1) is 6.92 Å². The number of nitrogens with zero attached hydrogens (tertiary/aromatic N) is 1. The monoisotopic (exact) mass is 374 g/mol. The number of hydrogen-bond acceptors (Lipinski definition) is 4. The molecule has 0 radical (unpaired) electrons. The molecule has 2 heterocycles. The number of aryl methyl sites for hydroxylation is 1. The molecule has 0 aliphatic rings. The second-order valence-corrected chi connectivity index (χ2v) is 7.23. The van der Waals surface area contributed by atoms with Gasteiger partial charge in [-0.1, -0.05) is 48.5 Å². The van der Waals surface area contributed by atoms with Crippen molar-refractivity contribution < 1.29 is 9.21 Å². The van der Waals surface area contributed by atoms with Crippen molar-refractivity contribution in [3.05, 3.63) is 94.1 Å². The van der Waals surface area contributed by atoms with Crippen molar-refractivity contribution in [2.45, 2.75) is 13.0 Å². The van der Waals surface area contributed by atoms with Crippen molar-refractivity contribution in [2.24, 2.45) is 0 Å². The van der Waals surface area contributed by atoms with Crippen LogP contribution in [0.5, 0.6) is 0 Å². The number of rotatable bonds is 5. The standard InChI is InChI=1S/C22H18N2O2S/c1-15-23-18(14-27-15)11-12-21(25)24-22(16-7-3-2-4-8-16)20-13-17-9-5-6-10-19(17)26-20/h2-14,22H,1H3,(H,24,25)/b12-11+. The highest BCUT2D eigenvalue weighted by molar-refractivity contribution is 7.09. The highest BCUT2D eigenvalue weighted by Gasteiger charge is 2.20. The molecule has 5 heteroatoms. The Hall–Kier alpha value is -3.18. The van der Waals surface area contributed by atoms with Gasteiger partial charge in [0.05, 0.1) is 10.7 Å². The van der Waals surface area contributed by atoms with Gasteiger partial charge in [0.1, 0.15) is 17.4 Å². The first-order chi connectivity index (χ1) is 13.2. The van der Waals surface area contributed by atoms with Crippen LogP contribution in [-0.2, 0) is 4.79 Å². The number of hydrogen-bond donors (Lipinski definition) is 1. The van der Waals surface area contributed by atoms with E-state index < -0.39 is 0 Å². The molecule has 0 aliphatic heterocycles. The van der Waals surface area contributed by atoms with Crippen LogP contribution in [-0.4, -0.2) is 10.9 Å². The fourth-order valence-corrected chi connectivity index (χ4v) is 3.50. The first kappa shape index (κ1) is 17.2. The Kier molecular flexibility index (Phi) is 4.85. The number of amides is 1. The molecule has 4 nitrogen and oxygen atoms in total. The molecule has 0 fully saturated rings. The van der Waals surface area contributed by atoms with Gasteiger partial charge in [0, 0.05) is 16.8 Å². The average molecular weight is 374 g/mol. The molecule has 2 aromatic carbocycles. The van der Waals surface area contributed by atoms with Gasteiger partial charge in [-0.3, -0.25) is 4.79 Å². The lowest BCUT2D eigenvalue weighted by Gasteiger charge is -2.16. The Labute approximate surface area is 161 Å². The van der Waals surface area contributed by atoms with Crippen LogP contribution in [0.4, 0.5) is 0 Å². The van der Waals surface area contributed by atoms with Crippen LogP contribution >= 0.6 is 11.3 Å². The average Bonchev–Trinajstić information content (AvgIpc) is 3.31. The van der Waals surface area contributed by atoms with Crippen molar-refractivity contribution in [3.63, 3.8) is 0 Å². The van der Waals surface area contributed by atoms with Gasteiger partial charge in [-0.15, -0.1) is 11.3 Å². The van der Waals surface area contributed by atoms with Crippen LogP contribution in [0.25, 0.3) is 17.0 Å². The fraction of sp³-hybridized carbons (Fsp3) is 0.0909. The van der Waals surface area contributed by atoms with Crippen molar-refractivity contribution in [2.75, 3.05) is 0 Å². The molecular weight excluding hydrogens is 356 g/mol. The predicted octanol–water partition coefficient (Wildman–Crippen LogP) is 5.12. The third-order valence-electron chi connectivity index (χ3n) is 4.19. The number of fused-ring (bicyclic) bond motifs is 1. The minimum Gasteiger partial charge on any atom is -0.459 e. The lowest BCUT2D eigenvalue weighted by molar-refractivity contribution is -0.117. The van der Waals surface area contributed by atoms with Gasteiger partial charge in [-0.05, 0) is 30.7 Å². The number of carbonyl (C=O) groups is 1. The Morgan fingerprint density at radius 3 is 2.67 bits per heavy atom. The van der Waals surface area contributed by atoms with Crippen molar-refractivity contribution in [1.82, 2.24) is 10.3 Å². The number of para-hydroxylation sites is 1. The van der Waals surface area contributed by atoms with Gasteiger partial charge < -0.3 is 9.73 Å². The second kappa shape index (κ2) is 7.60. The topological polar surface area (TPSA) is 55.1 Å². The molecule has 4 rings (SSSR count). The molecular formula is C22H18N2O2S. The lowest BCUT2D eigenvalue weighted by atomic mass is 10.0. The van der Waals surface area contributed by atoms with Gasteiger partial charge in [0.2, 0.25) is 5.91 Å². The van der Waals surface area contributed by atoms with Gasteiger partial charge in [-0.2, -0.15) is 0 Å². The number of nitrogens with one attached hydrogen (secondary N) is 1. The van der Waals surface area contributed by atoms with E-state index in [1.807, 2.05) is 73.0 Å². The molecule has 27 heavy (non-hydrogen) atoms. The van der Waals surface area contributed by atoms with Crippen LogP contribution in [0.2, 0.25) is 0 Å². The molecule has 0 saturated heterocycles. The van der Waals surface area contributed by atoms with Gasteiger partial charge in [-0.25, -0.2) is 4.98 Å². The maximum atomic E-state index is 12.5. The molecule has 4 aromatic rings. The third-order valence-corrected chi connectivity index (χ3v) is 4.98. The fourth-order valence-electron chi connectivity index (χ4n) is 2.92.